The molecule has 1 amide bonds. The maximum Gasteiger partial charge on any atom is 0.253 e. The molecule has 0 aliphatic carbocycles. The van der Waals surface area contributed by atoms with Crippen molar-refractivity contribution in [1.29, 1.82) is 0 Å². The Morgan fingerprint density at radius 3 is 2.55 bits per heavy atom. The molecule has 116 valence electrons. The van der Waals surface area contributed by atoms with E-state index in [4.69, 9.17) is 0 Å². The van der Waals surface area contributed by atoms with Gasteiger partial charge in [-0.1, -0.05) is 23.9 Å². The number of likely N-dealkylation sites (tertiary alicyclic amines) is 1. The number of nitrogens with zero attached hydrogens (tertiary/aromatic N) is 3. The van der Waals surface area contributed by atoms with Crippen LogP contribution in [0.3, 0.4) is 0 Å². The molecule has 1 aromatic carbocycles. The highest BCUT2D eigenvalue weighted by Gasteiger charge is 2.17. The monoisotopic (exact) mass is 315 g/mol. The van der Waals surface area contributed by atoms with Gasteiger partial charge < -0.3 is 9.47 Å². The zero-order valence-electron chi connectivity index (χ0n) is 12.9. The van der Waals surface area contributed by atoms with Crippen LogP contribution in [0.15, 0.2) is 41.8 Å². The Kier molecular flexibility index (Phi) is 4.83. The van der Waals surface area contributed by atoms with E-state index < -0.39 is 0 Å². The summed E-state index contributed by atoms with van der Waals surface area (Å²) >= 11 is 1.71. The Morgan fingerprint density at radius 2 is 1.91 bits per heavy atom. The SMILES string of the molecule is Cn1ccnc1SCc1ccc(C(=O)N2CCCCC2)cc1. The van der Waals surface area contributed by atoms with Gasteiger partial charge in [0.1, 0.15) is 0 Å². The lowest BCUT2D eigenvalue weighted by Gasteiger charge is -2.26. The van der Waals surface area contributed by atoms with E-state index in [1.54, 1.807) is 11.8 Å². The average molecular weight is 315 g/mol. The number of carbonyl (C=O) groups excluding carboxylic acids is 1. The van der Waals surface area contributed by atoms with Crippen LogP contribution in [0.5, 0.6) is 0 Å². The third-order valence-corrected chi connectivity index (χ3v) is 5.12. The fourth-order valence-corrected chi connectivity index (χ4v) is 3.55. The molecule has 1 aliphatic rings. The van der Waals surface area contributed by atoms with E-state index in [1.807, 2.05) is 53.2 Å². The second-order valence-electron chi connectivity index (χ2n) is 5.66. The van der Waals surface area contributed by atoms with Crippen molar-refractivity contribution in [1.82, 2.24) is 14.5 Å². The second kappa shape index (κ2) is 7.01. The third-order valence-electron chi connectivity index (χ3n) is 3.99. The highest BCUT2D eigenvalue weighted by molar-refractivity contribution is 7.98. The fraction of sp³-hybridized carbons (Fsp3) is 0.412. The molecule has 3 rings (SSSR count). The number of hydrogen-bond donors (Lipinski definition) is 0. The molecule has 4 nitrogen and oxygen atoms in total. The van der Waals surface area contributed by atoms with Crippen LogP contribution in [-0.4, -0.2) is 33.4 Å². The largest absolute Gasteiger partial charge is 0.339 e. The normalized spacial score (nSPS) is 15.0. The van der Waals surface area contributed by atoms with Crippen molar-refractivity contribution in [3.05, 3.63) is 47.8 Å². The molecule has 0 atom stereocenters. The van der Waals surface area contributed by atoms with Gasteiger partial charge >= 0.3 is 0 Å². The second-order valence-corrected chi connectivity index (χ2v) is 6.60. The summed E-state index contributed by atoms with van der Waals surface area (Å²) in [6.45, 7) is 1.80. The number of aromatic nitrogens is 2. The zero-order valence-corrected chi connectivity index (χ0v) is 13.7. The van der Waals surface area contributed by atoms with E-state index in [1.165, 1.54) is 12.0 Å². The number of amides is 1. The molecular formula is C17H21N3OS. The summed E-state index contributed by atoms with van der Waals surface area (Å²) in [5.74, 6) is 1.03. The van der Waals surface area contributed by atoms with Gasteiger partial charge in [-0.25, -0.2) is 4.98 Å². The third kappa shape index (κ3) is 3.53. The number of piperidine rings is 1. The van der Waals surface area contributed by atoms with Crippen molar-refractivity contribution in [2.45, 2.75) is 30.2 Å². The molecule has 1 fully saturated rings. The Balaban J connectivity index is 1.60. The van der Waals surface area contributed by atoms with E-state index in [0.717, 1.165) is 42.4 Å². The first kappa shape index (κ1) is 15.2. The first-order valence-electron chi connectivity index (χ1n) is 7.72. The van der Waals surface area contributed by atoms with Gasteiger partial charge in [0, 0.05) is 43.8 Å². The zero-order chi connectivity index (χ0) is 15.4. The number of rotatable bonds is 4. The molecule has 0 N–H and O–H groups in total. The van der Waals surface area contributed by atoms with Crippen LogP contribution in [0.1, 0.15) is 35.2 Å². The van der Waals surface area contributed by atoms with Crippen molar-refractivity contribution >= 4 is 17.7 Å². The molecule has 0 unspecified atom stereocenters. The van der Waals surface area contributed by atoms with Crippen LogP contribution in [0.2, 0.25) is 0 Å². The van der Waals surface area contributed by atoms with Gasteiger partial charge in [0.25, 0.3) is 5.91 Å². The number of carbonyl (C=O) groups is 1. The molecule has 22 heavy (non-hydrogen) atoms. The standard InChI is InChI=1S/C17H21N3OS/c1-19-12-9-18-17(19)22-13-14-5-7-15(8-6-14)16(21)20-10-3-2-4-11-20/h5-9,12H,2-4,10-11,13H2,1H3. The molecule has 2 heterocycles. The number of imidazole rings is 1. The molecule has 1 aliphatic heterocycles. The summed E-state index contributed by atoms with van der Waals surface area (Å²) in [6.07, 6.45) is 7.26. The predicted octanol–water partition coefficient (Wildman–Crippen LogP) is 3.34. The van der Waals surface area contributed by atoms with E-state index in [2.05, 4.69) is 4.98 Å². The van der Waals surface area contributed by atoms with E-state index in [0.29, 0.717) is 0 Å². The van der Waals surface area contributed by atoms with E-state index >= 15 is 0 Å². The van der Waals surface area contributed by atoms with Crippen LogP contribution in [0.25, 0.3) is 0 Å². The van der Waals surface area contributed by atoms with Gasteiger partial charge in [-0.05, 0) is 37.0 Å². The van der Waals surface area contributed by atoms with Crippen molar-refractivity contribution in [3.63, 3.8) is 0 Å². The van der Waals surface area contributed by atoms with Gasteiger partial charge in [0.05, 0.1) is 0 Å². The van der Waals surface area contributed by atoms with Crippen molar-refractivity contribution in [2.24, 2.45) is 7.05 Å². The van der Waals surface area contributed by atoms with E-state index in [-0.39, 0.29) is 5.91 Å². The summed E-state index contributed by atoms with van der Waals surface area (Å²) in [5, 5.41) is 1.01. The first-order valence-corrected chi connectivity index (χ1v) is 8.71. The van der Waals surface area contributed by atoms with Crippen LogP contribution >= 0.6 is 11.8 Å². The summed E-state index contributed by atoms with van der Waals surface area (Å²) in [5.41, 5.74) is 2.01. The molecule has 2 aromatic rings. The number of benzene rings is 1. The molecule has 0 bridgehead atoms. The van der Waals surface area contributed by atoms with Gasteiger partial charge in [0.2, 0.25) is 0 Å². The molecule has 0 saturated carbocycles. The van der Waals surface area contributed by atoms with E-state index in [9.17, 15) is 4.79 Å². The molecule has 5 heteroatoms. The fourth-order valence-electron chi connectivity index (χ4n) is 2.66. The average Bonchev–Trinajstić information content (AvgIpc) is 2.99. The Morgan fingerprint density at radius 1 is 1.18 bits per heavy atom. The van der Waals surface area contributed by atoms with Gasteiger partial charge in [-0.15, -0.1) is 0 Å². The van der Waals surface area contributed by atoms with Gasteiger partial charge in [-0.2, -0.15) is 0 Å². The Labute approximate surface area is 135 Å². The van der Waals surface area contributed by atoms with Crippen LogP contribution < -0.4 is 0 Å². The van der Waals surface area contributed by atoms with Crippen molar-refractivity contribution < 1.29 is 4.79 Å². The minimum Gasteiger partial charge on any atom is -0.339 e. The summed E-state index contributed by atoms with van der Waals surface area (Å²) in [6, 6.07) is 8.00. The summed E-state index contributed by atoms with van der Waals surface area (Å²) < 4.78 is 2.01. The summed E-state index contributed by atoms with van der Waals surface area (Å²) in [4.78, 5) is 18.7. The number of aryl methyl sites for hydroxylation is 1. The number of hydrogen-bond acceptors (Lipinski definition) is 3. The topological polar surface area (TPSA) is 38.1 Å². The highest BCUT2D eigenvalue weighted by atomic mass is 32.2. The van der Waals surface area contributed by atoms with Crippen LogP contribution in [-0.2, 0) is 12.8 Å². The summed E-state index contributed by atoms with van der Waals surface area (Å²) in [7, 11) is 2.00. The maximum absolute atomic E-state index is 12.4. The minimum atomic E-state index is 0.169. The molecular weight excluding hydrogens is 294 g/mol. The molecule has 1 aromatic heterocycles. The smallest absolute Gasteiger partial charge is 0.253 e. The van der Waals surface area contributed by atoms with Gasteiger partial charge in [-0.3, -0.25) is 4.79 Å². The minimum absolute atomic E-state index is 0.169. The van der Waals surface area contributed by atoms with Crippen LogP contribution in [0, 0.1) is 0 Å². The lowest BCUT2D eigenvalue weighted by Crippen LogP contribution is -2.35. The van der Waals surface area contributed by atoms with Gasteiger partial charge in [0.15, 0.2) is 5.16 Å². The maximum atomic E-state index is 12.4. The Bertz CT molecular complexity index is 630. The lowest BCUT2D eigenvalue weighted by atomic mass is 10.1. The first-order chi connectivity index (χ1) is 10.7. The molecule has 0 spiro atoms. The van der Waals surface area contributed by atoms with Crippen LogP contribution in [0.4, 0.5) is 0 Å². The lowest BCUT2D eigenvalue weighted by molar-refractivity contribution is 0.0724. The Hall–Kier alpha value is -1.75. The predicted molar refractivity (Wildman–Crippen MR) is 89.0 cm³/mol. The number of thioether (sulfide) groups is 1. The highest BCUT2D eigenvalue weighted by Crippen LogP contribution is 2.21. The molecule has 0 radical (unpaired) electrons. The van der Waals surface area contributed by atoms with Crippen molar-refractivity contribution in [3.8, 4) is 0 Å². The quantitative estimate of drug-likeness (QED) is 0.812. The molecule has 1 saturated heterocycles. The van der Waals surface area contributed by atoms with Crippen molar-refractivity contribution in [2.75, 3.05) is 13.1 Å².